The summed E-state index contributed by atoms with van der Waals surface area (Å²) in [5.41, 5.74) is -0.120. The molecule has 5 heteroatoms. The van der Waals surface area contributed by atoms with Gasteiger partial charge in [0.1, 0.15) is 5.54 Å². The summed E-state index contributed by atoms with van der Waals surface area (Å²) >= 11 is 12.0. The first-order chi connectivity index (χ1) is 8.05. The lowest BCUT2D eigenvalue weighted by molar-refractivity contribution is -0.144. The van der Waals surface area contributed by atoms with Crippen molar-refractivity contribution < 1.29 is 9.90 Å². The zero-order valence-corrected chi connectivity index (χ0v) is 10.7. The molecule has 3 nitrogen and oxygen atoms in total. The lowest BCUT2D eigenvalue weighted by Crippen LogP contribution is -2.49. The van der Waals surface area contributed by atoms with Gasteiger partial charge in [-0.1, -0.05) is 35.3 Å². The second-order valence-corrected chi connectivity index (χ2v) is 5.09. The highest BCUT2D eigenvalue weighted by Gasteiger charge is 2.41. The number of aliphatic carboxylic acids is 1. The van der Waals surface area contributed by atoms with E-state index in [1.165, 1.54) is 0 Å². The molecule has 1 saturated heterocycles. The fourth-order valence-corrected chi connectivity index (χ4v) is 2.61. The van der Waals surface area contributed by atoms with E-state index in [2.05, 4.69) is 5.32 Å². The van der Waals surface area contributed by atoms with E-state index in [0.29, 0.717) is 22.9 Å². The molecule has 0 radical (unpaired) electrons. The van der Waals surface area contributed by atoms with Crippen LogP contribution >= 0.6 is 23.2 Å². The van der Waals surface area contributed by atoms with Gasteiger partial charge in [-0.15, -0.1) is 0 Å². The Kier molecular flexibility index (Phi) is 3.61. The molecule has 1 fully saturated rings. The Balaban J connectivity index is 2.30. The zero-order chi connectivity index (χ0) is 12.5. The van der Waals surface area contributed by atoms with Crippen LogP contribution in [0.2, 0.25) is 10.0 Å². The quantitative estimate of drug-likeness (QED) is 0.891. The standard InChI is InChI=1S/C12H13Cl2NO2/c13-9-4-1-3-8(10(9)14)7-12(11(16)17)5-2-6-15-12/h1,3-4,15H,2,5-7H2,(H,16,17). The van der Waals surface area contributed by atoms with Gasteiger partial charge in [0.15, 0.2) is 0 Å². The zero-order valence-electron chi connectivity index (χ0n) is 9.17. The van der Waals surface area contributed by atoms with Crippen molar-refractivity contribution in [3.63, 3.8) is 0 Å². The average Bonchev–Trinajstić information content (AvgIpc) is 2.75. The maximum atomic E-state index is 11.4. The summed E-state index contributed by atoms with van der Waals surface area (Å²) in [6.07, 6.45) is 1.84. The molecule has 1 aliphatic heterocycles. The van der Waals surface area contributed by atoms with E-state index in [0.717, 1.165) is 18.5 Å². The van der Waals surface area contributed by atoms with Crippen LogP contribution in [0.4, 0.5) is 0 Å². The number of nitrogens with one attached hydrogen (secondary N) is 1. The van der Waals surface area contributed by atoms with E-state index < -0.39 is 11.5 Å². The highest BCUT2D eigenvalue weighted by Crippen LogP contribution is 2.31. The number of benzene rings is 1. The van der Waals surface area contributed by atoms with Gasteiger partial charge in [0.05, 0.1) is 10.0 Å². The molecule has 0 aliphatic carbocycles. The number of carbonyl (C=O) groups is 1. The van der Waals surface area contributed by atoms with Gasteiger partial charge in [0.2, 0.25) is 0 Å². The number of rotatable bonds is 3. The smallest absolute Gasteiger partial charge is 0.324 e. The lowest BCUT2D eigenvalue weighted by atomic mass is 9.89. The summed E-state index contributed by atoms with van der Waals surface area (Å²) in [5.74, 6) is -0.828. The Labute approximate surface area is 110 Å². The highest BCUT2D eigenvalue weighted by molar-refractivity contribution is 6.42. The minimum Gasteiger partial charge on any atom is -0.480 e. The van der Waals surface area contributed by atoms with Crippen molar-refractivity contribution in [2.45, 2.75) is 24.8 Å². The highest BCUT2D eigenvalue weighted by atomic mass is 35.5. The molecule has 17 heavy (non-hydrogen) atoms. The molecule has 1 aromatic rings. The van der Waals surface area contributed by atoms with Gasteiger partial charge in [0, 0.05) is 6.42 Å². The van der Waals surface area contributed by atoms with Crippen LogP contribution in [0.3, 0.4) is 0 Å². The summed E-state index contributed by atoms with van der Waals surface area (Å²) in [5, 5.41) is 13.3. The topological polar surface area (TPSA) is 49.3 Å². The molecule has 1 aromatic carbocycles. The van der Waals surface area contributed by atoms with Gasteiger partial charge in [-0.3, -0.25) is 4.79 Å². The lowest BCUT2D eigenvalue weighted by Gasteiger charge is -2.25. The molecule has 0 bridgehead atoms. The SMILES string of the molecule is O=C(O)C1(Cc2cccc(Cl)c2Cl)CCCN1. The van der Waals surface area contributed by atoms with Crippen LogP contribution in [0.15, 0.2) is 18.2 Å². The third-order valence-corrected chi connectivity index (χ3v) is 4.03. The molecule has 0 aromatic heterocycles. The van der Waals surface area contributed by atoms with Crippen LogP contribution in [0.1, 0.15) is 18.4 Å². The van der Waals surface area contributed by atoms with Crippen LogP contribution in [0, 0.1) is 0 Å². The van der Waals surface area contributed by atoms with Crippen molar-refractivity contribution in [1.29, 1.82) is 0 Å². The van der Waals surface area contributed by atoms with Crippen molar-refractivity contribution in [2.24, 2.45) is 0 Å². The largest absolute Gasteiger partial charge is 0.480 e. The van der Waals surface area contributed by atoms with Crippen molar-refractivity contribution in [3.05, 3.63) is 33.8 Å². The summed E-state index contributed by atoms with van der Waals surface area (Å²) in [7, 11) is 0. The minimum absolute atomic E-state index is 0.363. The van der Waals surface area contributed by atoms with E-state index in [-0.39, 0.29) is 0 Å². The molecule has 2 N–H and O–H groups in total. The third kappa shape index (κ3) is 2.41. The molecular weight excluding hydrogens is 261 g/mol. The van der Waals surface area contributed by atoms with Crippen LogP contribution < -0.4 is 5.32 Å². The monoisotopic (exact) mass is 273 g/mol. The van der Waals surface area contributed by atoms with E-state index >= 15 is 0 Å². The molecule has 92 valence electrons. The molecular formula is C12H13Cl2NO2. The second kappa shape index (κ2) is 4.84. The number of hydrogen-bond acceptors (Lipinski definition) is 2. The maximum absolute atomic E-state index is 11.4. The van der Waals surface area contributed by atoms with E-state index in [9.17, 15) is 9.90 Å². The summed E-state index contributed by atoms with van der Waals surface area (Å²) in [4.78, 5) is 11.4. The van der Waals surface area contributed by atoms with Gasteiger partial charge in [-0.25, -0.2) is 0 Å². The Morgan fingerprint density at radius 2 is 2.24 bits per heavy atom. The molecule has 1 heterocycles. The van der Waals surface area contributed by atoms with Gasteiger partial charge in [0.25, 0.3) is 0 Å². The molecule has 2 rings (SSSR count). The summed E-state index contributed by atoms with van der Waals surface area (Å²) in [6.45, 7) is 0.727. The third-order valence-electron chi connectivity index (χ3n) is 3.18. The normalized spacial score (nSPS) is 23.9. The van der Waals surface area contributed by atoms with Crippen molar-refractivity contribution >= 4 is 29.2 Å². The molecule has 1 atom stereocenters. The number of carboxylic acid groups (broad SMARTS) is 1. The van der Waals surface area contributed by atoms with E-state index in [1.54, 1.807) is 12.1 Å². The second-order valence-electron chi connectivity index (χ2n) is 4.31. The van der Waals surface area contributed by atoms with Crippen molar-refractivity contribution in [1.82, 2.24) is 5.32 Å². The van der Waals surface area contributed by atoms with Crippen LogP contribution in [-0.2, 0) is 11.2 Å². The fourth-order valence-electron chi connectivity index (χ4n) is 2.23. The Morgan fingerprint density at radius 3 is 2.82 bits per heavy atom. The number of halogens is 2. The van der Waals surface area contributed by atoms with Gasteiger partial charge >= 0.3 is 5.97 Å². The van der Waals surface area contributed by atoms with Gasteiger partial charge in [-0.05, 0) is 31.0 Å². The molecule has 0 saturated carbocycles. The predicted octanol–water partition coefficient (Wildman–Crippen LogP) is 2.74. The Morgan fingerprint density at radius 1 is 1.47 bits per heavy atom. The van der Waals surface area contributed by atoms with Crippen LogP contribution in [0.25, 0.3) is 0 Å². The first-order valence-electron chi connectivity index (χ1n) is 5.46. The van der Waals surface area contributed by atoms with Crippen LogP contribution in [0.5, 0.6) is 0 Å². The predicted molar refractivity (Wildman–Crippen MR) is 67.8 cm³/mol. The number of hydrogen-bond donors (Lipinski definition) is 2. The van der Waals surface area contributed by atoms with E-state index in [1.807, 2.05) is 6.07 Å². The van der Waals surface area contributed by atoms with E-state index in [4.69, 9.17) is 23.2 Å². The van der Waals surface area contributed by atoms with Crippen LogP contribution in [-0.4, -0.2) is 23.2 Å². The minimum atomic E-state index is -0.895. The fraction of sp³-hybridized carbons (Fsp3) is 0.417. The first-order valence-corrected chi connectivity index (χ1v) is 6.22. The van der Waals surface area contributed by atoms with Gasteiger partial charge < -0.3 is 10.4 Å². The molecule has 1 unspecified atom stereocenters. The molecule has 1 aliphatic rings. The Hall–Kier alpha value is -0.770. The summed E-state index contributed by atoms with van der Waals surface area (Å²) in [6, 6.07) is 5.30. The maximum Gasteiger partial charge on any atom is 0.324 e. The first kappa shape index (κ1) is 12.7. The summed E-state index contributed by atoms with van der Waals surface area (Å²) < 4.78 is 0. The average molecular weight is 274 g/mol. The number of carboxylic acids is 1. The Bertz CT molecular complexity index is 442. The van der Waals surface area contributed by atoms with Crippen molar-refractivity contribution in [3.8, 4) is 0 Å². The van der Waals surface area contributed by atoms with Crippen molar-refractivity contribution in [2.75, 3.05) is 6.54 Å². The van der Waals surface area contributed by atoms with Gasteiger partial charge in [-0.2, -0.15) is 0 Å². The molecule has 0 amide bonds. The molecule has 0 spiro atoms.